The van der Waals surface area contributed by atoms with Crippen molar-refractivity contribution in [3.05, 3.63) is 36.0 Å². The molecule has 0 aliphatic heterocycles. The minimum absolute atomic E-state index is 0.0429. The average molecular weight is 274 g/mol. The summed E-state index contributed by atoms with van der Waals surface area (Å²) in [6.07, 6.45) is 1.37. The van der Waals surface area contributed by atoms with Gasteiger partial charge in [-0.25, -0.2) is 0 Å². The fourth-order valence-electron chi connectivity index (χ4n) is 1.38. The molecule has 6 nitrogen and oxygen atoms in total. The van der Waals surface area contributed by atoms with Gasteiger partial charge < -0.3 is 20.6 Å². The molecular weight excluding hydrogens is 256 g/mol. The zero-order chi connectivity index (χ0) is 15.0. The molecule has 0 aliphatic rings. The molecule has 0 bridgehead atoms. The minimum Gasteiger partial charge on any atom is -0.506 e. The summed E-state index contributed by atoms with van der Waals surface area (Å²) in [6, 6.07) is 8.17. The van der Waals surface area contributed by atoms with E-state index in [2.05, 4.69) is 10.6 Å². The Morgan fingerprint density at radius 2 is 2.15 bits per heavy atom. The van der Waals surface area contributed by atoms with Gasteiger partial charge in [-0.05, 0) is 26.2 Å². The number of nitrogens with one attached hydrogen (secondary N) is 2. The number of hydrogen-bond donors (Lipinski definition) is 3. The topological polar surface area (TPSA) is 88.4 Å². The second kappa shape index (κ2) is 7.81. The van der Waals surface area contributed by atoms with Crippen molar-refractivity contribution in [2.75, 3.05) is 32.5 Å². The number of phenolic OH excluding ortho intramolecular Hbond substituents is 1. The number of aromatic hydroxyl groups is 1. The first-order valence-corrected chi connectivity index (χ1v) is 6.12. The molecule has 6 heteroatoms. The van der Waals surface area contributed by atoms with Crippen LogP contribution in [0.25, 0.3) is 0 Å². The number of nitrogens with zero attached hydrogens (tertiary/aromatic N) is 2. The molecule has 0 spiro atoms. The average Bonchev–Trinajstić information content (AvgIpc) is 2.41. The third-order valence-corrected chi connectivity index (χ3v) is 2.47. The Balaban J connectivity index is 2.62. The Labute approximate surface area is 118 Å². The van der Waals surface area contributed by atoms with Crippen molar-refractivity contribution < 1.29 is 9.90 Å². The molecule has 0 unspecified atom stereocenters. The Morgan fingerprint density at radius 3 is 2.75 bits per heavy atom. The maximum Gasteiger partial charge on any atom is 0.267 e. The van der Waals surface area contributed by atoms with E-state index in [1.165, 1.54) is 12.3 Å². The molecule has 3 N–H and O–H groups in total. The zero-order valence-electron chi connectivity index (χ0n) is 11.6. The Bertz CT molecular complexity index is 532. The van der Waals surface area contributed by atoms with Crippen LogP contribution in [0.5, 0.6) is 5.75 Å². The summed E-state index contributed by atoms with van der Waals surface area (Å²) in [4.78, 5) is 13.8. The van der Waals surface area contributed by atoms with E-state index in [1.54, 1.807) is 18.2 Å². The number of carbonyl (C=O) groups excluding carboxylic acids is 1. The van der Waals surface area contributed by atoms with Crippen LogP contribution >= 0.6 is 0 Å². The van der Waals surface area contributed by atoms with Gasteiger partial charge in [-0.2, -0.15) is 5.26 Å². The van der Waals surface area contributed by atoms with E-state index in [4.69, 9.17) is 5.26 Å². The molecule has 1 amide bonds. The highest BCUT2D eigenvalue weighted by Gasteiger charge is 2.10. The fourth-order valence-corrected chi connectivity index (χ4v) is 1.38. The van der Waals surface area contributed by atoms with E-state index < -0.39 is 5.91 Å². The van der Waals surface area contributed by atoms with Crippen molar-refractivity contribution in [1.29, 1.82) is 5.26 Å². The lowest BCUT2D eigenvalue weighted by atomic mass is 10.2. The molecule has 0 radical (unpaired) electrons. The molecule has 0 heterocycles. The number of hydrogen-bond acceptors (Lipinski definition) is 5. The van der Waals surface area contributed by atoms with Gasteiger partial charge in [-0.15, -0.1) is 0 Å². The van der Waals surface area contributed by atoms with Crippen molar-refractivity contribution >= 4 is 11.6 Å². The van der Waals surface area contributed by atoms with Gasteiger partial charge >= 0.3 is 0 Å². The number of likely N-dealkylation sites (N-methyl/N-ethyl adjacent to an activating group) is 1. The van der Waals surface area contributed by atoms with Crippen molar-refractivity contribution in [3.8, 4) is 11.8 Å². The smallest absolute Gasteiger partial charge is 0.267 e. The van der Waals surface area contributed by atoms with Crippen molar-refractivity contribution in [2.24, 2.45) is 0 Å². The van der Waals surface area contributed by atoms with Gasteiger partial charge in [0.1, 0.15) is 17.4 Å². The van der Waals surface area contributed by atoms with Gasteiger partial charge in [0.25, 0.3) is 5.91 Å². The van der Waals surface area contributed by atoms with Crippen molar-refractivity contribution in [1.82, 2.24) is 10.2 Å². The zero-order valence-corrected chi connectivity index (χ0v) is 11.6. The second-order valence-corrected chi connectivity index (χ2v) is 4.40. The number of rotatable bonds is 6. The minimum atomic E-state index is -0.564. The molecule has 1 rings (SSSR count). The van der Waals surface area contributed by atoms with E-state index in [9.17, 15) is 9.90 Å². The number of carbonyl (C=O) groups is 1. The van der Waals surface area contributed by atoms with Crippen molar-refractivity contribution in [3.63, 3.8) is 0 Å². The van der Waals surface area contributed by atoms with Crippen LogP contribution in [0.3, 0.4) is 0 Å². The summed E-state index contributed by atoms with van der Waals surface area (Å²) >= 11 is 0. The molecule has 0 aromatic heterocycles. The van der Waals surface area contributed by atoms with Gasteiger partial charge in [-0.1, -0.05) is 12.1 Å². The van der Waals surface area contributed by atoms with Crippen LogP contribution in [0.15, 0.2) is 36.0 Å². The number of para-hydroxylation sites is 2. The van der Waals surface area contributed by atoms with Gasteiger partial charge in [0.15, 0.2) is 0 Å². The second-order valence-electron chi connectivity index (χ2n) is 4.40. The quantitative estimate of drug-likeness (QED) is 0.310. The van der Waals surface area contributed by atoms with Crippen LogP contribution in [0.2, 0.25) is 0 Å². The lowest BCUT2D eigenvalue weighted by Gasteiger charge is -2.09. The normalized spacial score (nSPS) is 11.0. The SMILES string of the molecule is CN(C)CCN/C=C(/C#N)C(=O)Nc1ccccc1O. The van der Waals surface area contributed by atoms with Crippen LogP contribution in [0.4, 0.5) is 5.69 Å². The summed E-state index contributed by atoms with van der Waals surface area (Å²) in [5.41, 5.74) is 0.221. The van der Waals surface area contributed by atoms with E-state index in [-0.39, 0.29) is 17.0 Å². The Hall–Kier alpha value is -2.52. The first-order valence-electron chi connectivity index (χ1n) is 6.12. The van der Waals surface area contributed by atoms with Gasteiger partial charge in [-0.3, -0.25) is 4.79 Å². The van der Waals surface area contributed by atoms with Gasteiger partial charge in [0, 0.05) is 19.3 Å². The van der Waals surface area contributed by atoms with Gasteiger partial charge in [0.05, 0.1) is 5.69 Å². The first kappa shape index (κ1) is 15.5. The maximum atomic E-state index is 11.9. The summed E-state index contributed by atoms with van der Waals surface area (Å²) in [6.45, 7) is 1.42. The lowest BCUT2D eigenvalue weighted by Crippen LogP contribution is -2.24. The highest BCUT2D eigenvalue weighted by molar-refractivity contribution is 6.07. The third kappa shape index (κ3) is 5.00. The standard InChI is InChI=1S/C14H18N4O2/c1-18(2)8-7-16-10-11(9-15)14(20)17-12-5-3-4-6-13(12)19/h3-6,10,16,19H,7-8H2,1-2H3,(H,17,20)/b11-10-. The van der Waals surface area contributed by atoms with Crippen LogP contribution in [-0.4, -0.2) is 43.1 Å². The number of anilines is 1. The fraction of sp³-hybridized carbons (Fsp3) is 0.286. The largest absolute Gasteiger partial charge is 0.506 e. The Morgan fingerprint density at radius 1 is 1.45 bits per heavy atom. The summed E-state index contributed by atoms with van der Waals surface area (Å²) in [7, 11) is 3.86. The number of benzene rings is 1. The number of amides is 1. The summed E-state index contributed by atoms with van der Waals surface area (Å²) in [5, 5.41) is 23.9. The molecule has 0 aliphatic carbocycles. The first-order chi connectivity index (χ1) is 9.54. The monoisotopic (exact) mass is 274 g/mol. The predicted molar refractivity (Wildman–Crippen MR) is 77.0 cm³/mol. The van der Waals surface area contributed by atoms with Crippen LogP contribution in [0, 0.1) is 11.3 Å². The van der Waals surface area contributed by atoms with E-state index in [1.807, 2.05) is 25.1 Å². The summed E-state index contributed by atoms with van der Waals surface area (Å²) < 4.78 is 0. The van der Waals surface area contributed by atoms with Crippen molar-refractivity contribution in [2.45, 2.75) is 0 Å². The Kier molecular flexibility index (Phi) is 6.07. The van der Waals surface area contributed by atoms with E-state index in [0.717, 1.165) is 6.54 Å². The number of nitriles is 1. The van der Waals surface area contributed by atoms with E-state index >= 15 is 0 Å². The highest BCUT2D eigenvalue weighted by Crippen LogP contribution is 2.21. The number of phenols is 1. The summed E-state index contributed by atoms with van der Waals surface area (Å²) in [5.74, 6) is -0.606. The van der Waals surface area contributed by atoms with E-state index in [0.29, 0.717) is 6.54 Å². The highest BCUT2D eigenvalue weighted by atomic mass is 16.3. The molecule has 1 aromatic carbocycles. The molecule has 106 valence electrons. The predicted octanol–water partition coefficient (Wildman–Crippen LogP) is 0.889. The third-order valence-electron chi connectivity index (χ3n) is 2.47. The van der Waals surface area contributed by atoms with Crippen LogP contribution < -0.4 is 10.6 Å². The molecular formula is C14H18N4O2. The molecule has 0 saturated carbocycles. The molecule has 0 saturated heterocycles. The van der Waals surface area contributed by atoms with Crippen LogP contribution in [-0.2, 0) is 4.79 Å². The maximum absolute atomic E-state index is 11.9. The molecule has 1 aromatic rings. The molecule has 20 heavy (non-hydrogen) atoms. The lowest BCUT2D eigenvalue weighted by molar-refractivity contribution is -0.112. The van der Waals surface area contributed by atoms with Crippen LogP contribution in [0.1, 0.15) is 0 Å². The van der Waals surface area contributed by atoms with Gasteiger partial charge in [0.2, 0.25) is 0 Å². The molecule has 0 fully saturated rings. The molecule has 0 atom stereocenters.